The first-order valence-corrected chi connectivity index (χ1v) is 6.05. The zero-order valence-corrected chi connectivity index (χ0v) is 11.1. The number of carbonyl (C=O) groups excluding carboxylic acids is 1. The summed E-state index contributed by atoms with van der Waals surface area (Å²) in [5, 5.41) is 4.88. The molecule has 0 radical (unpaired) electrons. The van der Waals surface area contributed by atoms with Gasteiger partial charge in [0.15, 0.2) is 0 Å². The molecule has 0 aliphatic heterocycles. The van der Waals surface area contributed by atoms with Gasteiger partial charge in [-0.05, 0) is 19.1 Å². The van der Waals surface area contributed by atoms with E-state index in [0.29, 0.717) is 27.9 Å². The average Bonchev–Trinajstić information content (AvgIpc) is 2.82. The Bertz CT molecular complexity index is 581. The topological polar surface area (TPSA) is 44.1 Å². The van der Waals surface area contributed by atoms with Crippen LogP contribution in [-0.4, -0.2) is 22.4 Å². The molecule has 94 valence electrons. The molecule has 1 heterocycles. The summed E-state index contributed by atoms with van der Waals surface area (Å²) >= 11 is 12.0. The van der Waals surface area contributed by atoms with Crippen molar-refractivity contribution in [2.24, 2.45) is 0 Å². The smallest absolute Gasteiger partial charge is 0.341 e. The molecule has 2 rings (SSSR count). The summed E-state index contributed by atoms with van der Waals surface area (Å²) in [6.07, 6.45) is 2.98. The highest BCUT2D eigenvalue weighted by Gasteiger charge is 2.12. The quantitative estimate of drug-likeness (QED) is 0.812. The summed E-state index contributed by atoms with van der Waals surface area (Å²) in [5.74, 6) is -0.415. The second kappa shape index (κ2) is 5.42. The highest BCUT2D eigenvalue weighted by atomic mass is 35.5. The number of rotatable bonds is 3. The van der Waals surface area contributed by atoms with Crippen molar-refractivity contribution in [3.8, 4) is 5.69 Å². The molecule has 0 unspecified atom stereocenters. The van der Waals surface area contributed by atoms with Gasteiger partial charge in [0.2, 0.25) is 0 Å². The van der Waals surface area contributed by atoms with Gasteiger partial charge in [-0.25, -0.2) is 9.48 Å². The van der Waals surface area contributed by atoms with Gasteiger partial charge in [0, 0.05) is 6.20 Å². The summed E-state index contributed by atoms with van der Waals surface area (Å²) in [6.45, 7) is 2.07. The highest BCUT2D eigenvalue weighted by molar-refractivity contribution is 6.43. The molecule has 0 aliphatic carbocycles. The average molecular weight is 285 g/mol. The van der Waals surface area contributed by atoms with E-state index >= 15 is 0 Å². The molecule has 0 saturated heterocycles. The lowest BCUT2D eigenvalue weighted by molar-refractivity contribution is 0.0526. The molecular formula is C12H10Cl2N2O2. The predicted octanol–water partition coefficient (Wildman–Crippen LogP) is 3.36. The fourth-order valence-corrected chi connectivity index (χ4v) is 1.83. The third-order valence-corrected chi connectivity index (χ3v) is 3.08. The van der Waals surface area contributed by atoms with Crippen molar-refractivity contribution >= 4 is 29.2 Å². The van der Waals surface area contributed by atoms with E-state index in [2.05, 4.69) is 5.10 Å². The summed E-state index contributed by atoms with van der Waals surface area (Å²) in [4.78, 5) is 11.5. The summed E-state index contributed by atoms with van der Waals surface area (Å²) in [5.41, 5.74) is 0.979. The van der Waals surface area contributed by atoms with E-state index in [9.17, 15) is 4.79 Å². The van der Waals surface area contributed by atoms with Crippen LogP contribution in [0, 0.1) is 0 Å². The Hall–Kier alpha value is -1.52. The minimum Gasteiger partial charge on any atom is -0.462 e. The molecule has 0 fully saturated rings. The Balaban J connectivity index is 2.35. The molecule has 0 aliphatic rings. The molecule has 0 atom stereocenters. The molecule has 1 aromatic carbocycles. The molecule has 0 N–H and O–H groups in total. The minimum absolute atomic E-state index is 0.321. The Morgan fingerprint density at radius 2 is 2.22 bits per heavy atom. The van der Waals surface area contributed by atoms with Crippen LogP contribution in [0.1, 0.15) is 17.3 Å². The maximum atomic E-state index is 11.5. The van der Waals surface area contributed by atoms with Crippen molar-refractivity contribution < 1.29 is 9.53 Å². The molecule has 6 heteroatoms. The largest absolute Gasteiger partial charge is 0.462 e. The highest BCUT2D eigenvalue weighted by Crippen LogP contribution is 2.28. The summed E-state index contributed by atoms with van der Waals surface area (Å²) < 4.78 is 6.37. The number of esters is 1. The molecule has 0 amide bonds. The van der Waals surface area contributed by atoms with Gasteiger partial charge in [0.05, 0.1) is 34.1 Å². The van der Waals surface area contributed by atoms with Crippen LogP contribution in [0.3, 0.4) is 0 Å². The van der Waals surface area contributed by atoms with Gasteiger partial charge in [-0.1, -0.05) is 29.3 Å². The number of benzene rings is 1. The van der Waals surface area contributed by atoms with E-state index < -0.39 is 5.97 Å². The molecule has 0 saturated carbocycles. The Labute approximate surface area is 114 Å². The van der Waals surface area contributed by atoms with Crippen molar-refractivity contribution in [3.63, 3.8) is 0 Å². The van der Waals surface area contributed by atoms with Gasteiger partial charge >= 0.3 is 5.97 Å². The van der Waals surface area contributed by atoms with Crippen LogP contribution in [0.2, 0.25) is 10.0 Å². The minimum atomic E-state index is -0.415. The van der Waals surface area contributed by atoms with Crippen molar-refractivity contribution in [1.82, 2.24) is 9.78 Å². The fourth-order valence-electron chi connectivity index (χ4n) is 1.44. The van der Waals surface area contributed by atoms with Gasteiger partial charge in [-0.15, -0.1) is 0 Å². The van der Waals surface area contributed by atoms with E-state index in [-0.39, 0.29) is 0 Å². The molecule has 1 aromatic heterocycles. The van der Waals surface area contributed by atoms with Crippen molar-refractivity contribution in [2.45, 2.75) is 6.92 Å². The number of hydrogen-bond acceptors (Lipinski definition) is 3. The monoisotopic (exact) mass is 284 g/mol. The Kier molecular flexibility index (Phi) is 3.89. The van der Waals surface area contributed by atoms with Gasteiger partial charge in [0.25, 0.3) is 0 Å². The first-order chi connectivity index (χ1) is 8.63. The zero-order chi connectivity index (χ0) is 13.1. The zero-order valence-electron chi connectivity index (χ0n) is 9.56. The first kappa shape index (κ1) is 12.9. The van der Waals surface area contributed by atoms with E-state index in [1.807, 2.05) is 0 Å². The molecule has 18 heavy (non-hydrogen) atoms. The van der Waals surface area contributed by atoms with Gasteiger partial charge < -0.3 is 4.74 Å². The van der Waals surface area contributed by atoms with Crippen LogP contribution >= 0.6 is 23.2 Å². The van der Waals surface area contributed by atoms with E-state index in [0.717, 1.165) is 0 Å². The lowest BCUT2D eigenvalue weighted by Crippen LogP contribution is -2.03. The summed E-state index contributed by atoms with van der Waals surface area (Å²) in [6, 6.07) is 5.20. The van der Waals surface area contributed by atoms with E-state index in [4.69, 9.17) is 27.9 Å². The maximum absolute atomic E-state index is 11.5. The normalized spacial score (nSPS) is 10.4. The standard InChI is InChI=1S/C12H10Cl2N2O2/c1-2-18-12(17)8-6-15-16(7-8)10-5-3-4-9(13)11(10)14/h3-7H,2H2,1H3. The first-order valence-electron chi connectivity index (χ1n) is 5.29. The van der Waals surface area contributed by atoms with Crippen LogP contribution in [0.4, 0.5) is 0 Å². The second-order valence-corrected chi connectivity index (χ2v) is 4.25. The van der Waals surface area contributed by atoms with Crippen molar-refractivity contribution in [2.75, 3.05) is 6.61 Å². The number of halogens is 2. The van der Waals surface area contributed by atoms with Crippen molar-refractivity contribution in [1.29, 1.82) is 0 Å². The molecule has 4 nitrogen and oxygen atoms in total. The van der Waals surface area contributed by atoms with Gasteiger partial charge in [0.1, 0.15) is 0 Å². The van der Waals surface area contributed by atoms with Crippen LogP contribution in [0.5, 0.6) is 0 Å². The molecule has 0 bridgehead atoms. The number of carbonyl (C=O) groups is 1. The number of hydrogen-bond donors (Lipinski definition) is 0. The van der Waals surface area contributed by atoms with Crippen LogP contribution in [-0.2, 0) is 4.74 Å². The van der Waals surface area contributed by atoms with Crippen LogP contribution in [0.15, 0.2) is 30.6 Å². The maximum Gasteiger partial charge on any atom is 0.341 e. The molecule has 0 spiro atoms. The van der Waals surface area contributed by atoms with Gasteiger partial charge in [-0.3, -0.25) is 0 Å². The SMILES string of the molecule is CCOC(=O)c1cnn(-c2cccc(Cl)c2Cl)c1. The molecule has 2 aromatic rings. The third-order valence-electron chi connectivity index (χ3n) is 2.27. The Morgan fingerprint density at radius 3 is 2.94 bits per heavy atom. The summed E-state index contributed by atoms with van der Waals surface area (Å²) in [7, 11) is 0. The predicted molar refractivity (Wildman–Crippen MR) is 69.5 cm³/mol. The van der Waals surface area contributed by atoms with Gasteiger partial charge in [-0.2, -0.15) is 5.10 Å². The number of aromatic nitrogens is 2. The van der Waals surface area contributed by atoms with Crippen molar-refractivity contribution in [3.05, 3.63) is 46.2 Å². The number of ether oxygens (including phenoxy) is 1. The van der Waals surface area contributed by atoms with Crippen LogP contribution < -0.4 is 0 Å². The second-order valence-electron chi connectivity index (χ2n) is 3.47. The van der Waals surface area contributed by atoms with E-state index in [1.54, 1.807) is 31.3 Å². The van der Waals surface area contributed by atoms with E-state index in [1.165, 1.54) is 10.9 Å². The lowest BCUT2D eigenvalue weighted by atomic mass is 10.3. The fraction of sp³-hybridized carbons (Fsp3) is 0.167. The number of nitrogens with zero attached hydrogens (tertiary/aromatic N) is 2. The molecular weight excluding hydrogens is 275 g/mol. The third kappa shape index (κ3) is 2.49. The van der Waals surface area contributed by atoms with Crippen LogP contribution in [0.25, 0.3) is 5.69 Å². The lowest BCUT2D eigenvalue weighted by Gasteiger charge is -2.04. The Morgan fingerprint density at radius 1 is 1.44 bits per heavy atom.